The highest BCUT2D eigenvalue weighted by Gasteiger charge is 2.41. The minimum Gasteiger partial charge on any atom is -0.350 e. The van der Waals surface area contributed by atoms with E-state index in [1.807, 2.05) is 48.5 Å². The number of rotatable bonds is 10. The van der Waals surface area contributed by atoms with Crippen LogP contribution < -0.4 is 9.62 Å². The molecule has 0 aliphatic carbocycles. The van der Waals surface area contributed by atoms with Crippen molar-refractivity contribution in [3.63, 3.8) is 0 Å². The Morgan fingerprint density at radius 1 is 1.00 bits per heavy atom. The van der Waals surface area contributed by atoms with Crippen LogP contribution in [0.1, 0.15) is 47.3 Å². The van der Waals surface area contributed by atoms with E-state index in [2.05, 4.69) is 22.0 Å². The molecule has 0 bridgehead atoms. The molecule has 3 aromatic rings. The Morgan fingerprint density at radius 2 is 1.60 bits per heavy atom. The third-order valence-electron chi connectivity index (χ3n) is 8.08. The summed E-state index contributed by atoms with van der Waals surface area (Å²) in [5.41, 5.74) is 3.07. The third kappa shape index (κ3) is 7.41. The number of halogens is 3. The fourth-order valence-electron chi connectivity index (χ4n) is 6.06. The summed E-state index contributed by atoms with van der Waals surface area (Å²) >= 11 is 12.3. The second-order valence-corrected chi connectivity index (χ2v) is 13.6. The van der Waals surface area contributed by atoms with Crippen molar-refractivity contribution in [3.8, 4) is 0 Å². The van der Waals surface area contributed by atoms with Crippen molar-refractivity contribution in [2.45, 2.75) is 37.9 Å². The summed E-state index contributed by atoms with van der Waals surface area (Å²) in [5.74, 6) is -0.191. The summed E-state index contributed by atoms with van der Waals surface area (Å²) < 4.78 is 27.6. The van der Waals surface area contributed by atoms with E-state index in [0.717, 1.165) is 37.1 Å². The topological polar surface area (TPSA) is 73.0 Å². The number of benzene rings is 3. The van der Waals surface area contributed by atoms with Gasteiger partial charge in [0, 0.05) is 41.3 Å². The normalized spacial score (nSPS) is 18.0. The summed E-state index contributed by atoms with van der Waals surface area (Å²) in [6.45, 7) is 5.79. The van der Waals surface area contributed by atoms with Crippen LogP contribution in [-0.4, -0.2) is 75.2 Å². The molecule has 2 fully saturated rings. The lowest BCUT2D eigenvalue weighted by molar-refractivity contribution is 0.0941. The van der Waals surface area contributed by atoms with Gasteiger partial charge in [-0.05, 0) is 79.5 Å². The van der Waals surface area contributed by atoms with Gasteiger partial charge in [-0.2, -0.15) is 0 Å². The maximum Gasteiger partial charge on any atom is 0.251 e. The number of likely N-dealkylation sites (tertiary alicyclic amines) is 2. The van der Waals surface area contributed by atoms with Crippen LogP contribution in [0, 0.1) is 0 Å². The zero-order valence-electron chi connectivity index (χ0n) is 23.7. The molecule has 3 aromatic carbocycles. The van der Waals surface area contributed by atoms with E-state index in [0.29, 0.717) is 47.0 Å². The summed E-state index contributed by atoms with van der Waals surface area (Å²) in [5, 5.41) is 4.37. The molecular formula is C31H37Cl3N4O3S. The number of carbonyl (C=O) groups excluding carboxylic acids is 1. The molecule has 2 aliphatic rings. The lowest BCUT2D eigenvalue weighted by Crippen LogP contribution is -2.61. The Labute approximate surface area is 265 Å². The average Bonchev–Trinajstić information content (AvgIpc) is 3.39. The van der Waals surface area contributed by atoms with E-state index in [1.165, 1.54) is 10.6 Å². The van der Waals surface area contributed by atoms with Gasteiger partial charge in [0.15, 0.2) is 0 Å². The Kier molecular flexibility index (Phi) is 10.8. The first-order chi connectivity index (χ1) is 19.6. The summed E-state index contributed by atoms with van der Waals surface area (Å²) in [7, 11) is -3.61. The van der Waals surface area contributed by atoms with Gasteiger partial charge in [-0.15, -0.1) is 12.4 Å². The number of anilines is 1. The van der Waals surface area contributed by atoms with Gasteiger partial charge in [-0.3, -0.25) is 18.9 Å². The maximum absolute atomic E-state index is 13.1. The van der Waals surface area contributed by atoms with Crippen LogP contribution in [0.2, 0.25) is 10.0 Å². The second kappa shape index (κ2) is 14.0. The van der Waals surface area contributed by atoms with Crippen molar-refractivity contribution < 1.29 is 13.2 Å². The molecular weight excluding hydrogens is 615 g/mol. The van der Waals surface area contributed by atoms with E-state index in [4.69, 9.17) is 23.2 Å². The lowest BCUT2D eigenvalue weighted by Gasteiger charge is -2.48. The van der Waals surface area contributed by atoms with Crippen LogP contribution in [-0.2, 0) is 10.0 Å². The molecule has 1 unspecified atom stereocenters. The van der Waals surface area contributed by atoms with Crippen LogP contribution in [0.5, 0.6) is 0 Å². The molecule has 1 N–H and O–H groups in total. The number of carbonyl (C=O) groups is 1. The minimum absolute atomic E-state index is 0. The highest BCUT2D eigenvalue weighted by atomic mass is 35.5. The zero-order chi connectivity index (χ0) is 29.1. The molecule has 0 saturated carbocycles. The number of likely N-dealkylation sites (N-methyl/N-ethyl adjacent to an activating group) is 1. The summed E-state index contributed by atoms with van der Waals surface area (Å²) in [4.78, 5) is 17.7. The van der Waals surface area contributed by atoms with Gasteiger partial charge >= 0.3 is 0 Å². The Morgan fingerprint density at radius 3 is 2.14 bits per heavy atom. The van der Waals surface area contributed by atoms with E-state index in [9.17, 15) is 13.2 Å². The first-order valence-corrected chi connectivity index (χ1v) is 16.6. The van der Waals surface area contributed by atoms with E-state index in [1.54, 1.807) is 24.3 Å². The van der Waals surface area contributed by atoms with Gasteiger partial charge in [-0.25, -0.2) is 8.42 Å². The van der Waals surface area contributed by atoms with Crippen LogP contribution in [0.3, 0.4) is 0 Å². The van der Waals surface area contributed by atoms with Gasteiger partial charge in [0.05, 0.1) is 24.0 Å². The molecule has 5 rings (SSSR count). The molecule has 7 nitrogen and oxygen atoms in total. The average molecular weight is 652 g/mol. The highest BCUT2D eigenvalue weighted by molar-refractivity contribution is 7.92. The first kappa shape index (κ1) is 32.6. The molecule has 0 spiro atoms. The molecule has 0 radical (unpaired) electrons. The quantitative estimate of drug-likeness (QED) is 0.297. The number of hydrogen-bond donors (Lipinski definition) is 1. The van der Waals surface area contributed by atoms with Crippen molar-refractivity contribution in [2.24, 2.45) is 0 Å². The van der Waals surface area contributed by atoms with E-state index < -0.39 is 10.0 Å². The molecule has 2 heterocycles. The third-order valence-corrected chi connectivity index (χ3v) is 9.81. The second-order valence-electron chi connectivity index (χ2n) is 10.9. The van der Waals surface area contributed by atoms with Crippen molar-refractivity contribution in [2.75, 3.05) is 43.3 Å². The molecule has 226 valence electrons. The van der Waals surface area contributed by atoms with Gasteiger partial charge < -0.3 is 5.32 Å². The standard InChI is InChI=1S/C31H36Cl2N4O3S.ClH/c1-3-35-17-5-8-28(35)19-34-31(38)24-6-4-7-27(18-24)37(41(2,39)40)29-20-36(21-29)30(22-9-13-25(32)14-10-22)23-11-15-26(33)16-12-23;/h4,6-7,9-16,18,28-30H,3,5,8,17,19-21H2,1-2H3,(H,34,38);1H. The summed E-state index contributed by atoms with van der Waals surface area (Å²) in [6, 6.07) is 22.3. The van der Waals surface area contributed by atoms with Crippen LogP contribution in [0.15, 0.2) is 72.8 Å². The zero-order valence-corrected chi connectivity index (χ0v) is 26.9. The fraction of sp³-hybridized carbons (Fsp3) is 0.387. The van der Waals surface area contributed by atoms with Gasteiger partial charge in [-0.1, -0.05) is 60.5 Å². The molecule has 42 heavy (non-hydrogen) atoms. The van der Waals surface area contributed by atoms with Crippen LogP contribution >= 0.6 is 35.6 Å². The highest BCUT2D eigenvalue weighted by Crippen LogP contribution is 2.36. The van der Waals surface area contributed by atoms with E-state index >= 15 is 0 Å². The smallest absolute Gasteiger partial charge is 0.251 e. The number of sulfonamides is 1. The SMILES string of the molecule is CCN1CCCC1CNC(=O)c1cccc(N(C2CN(C(c3ccc(Cl)cc3)c3ccc(Cl)cc3)C2)S(C)(=O)=O)c1.Cl. The monoisotopic (exact) mass is 650 g/mol. The Hall–Kier alpha value is -2.33. The van der Waals surface area contributed by atoms with Gasteiger partial charge in [0.2, 0.25) is 10.0 Å². The molecule has 0 aromatic heterocycles. The molecule has 2 aliphatic heterocycles. The number of nitrogens with zero attached hydrogens (tertiary/aromatic N) is 3. The largest absolute Gasteiger partial charge is 0.350 e. The predicted molar refractivity (Wildman–Crippen MR) is 174 cm³/mol. The summed E-state index contributed by atoms with van der Waals surface area (Å²) in [6.07, 6.45) is 3.43. The van der Waals surface area contributed by atoms with Crippen molar-refractivity contribution in [3.05, 3.63) is 99.5 Å². The Bertz CT molecular complexity index is 1420. The van der Waals surface area contributed by atoms with Crippen molar-refractivity contribution in [1.82, 2.24) is 15.1 Å². The number of hydrogen-bond acceptors (Lipinski definition) is 5. The van der Waals surface area contributed by atoms with Gasteiger partial charge in [0.1, 0.15) is 0 Å². The number of nitrogens with one attached hydrogen (secondary N) is 1. The molecule has 1 amide bonds. The maximum atomic E-state index is 13.1. The minimum atomic E-state index is -3.61. The van der Waals surface area contributed by atoms with Crippen molar-refractivity contribution >= 4 is 57.2 Å². The molecule has 1 atom stereocenters. The van der Waals surface area contributed by atoms with Gasteiger partial charge in [0.25, 0.3) is 5.91 Å². The van der Waals surface area contributed by atoms with Crippen molar-refractivity contribution in [1.29, 1.82) is 0 Å². The predicted octanol–water partition coefficient (Wildman–Crippen LogP) is 5.87. The molecule has 11 heteroatoms. The van der Waals surface area contributed by atoms with Crippen LogP contribution in [0.4, 0.5) is 5.69 Å². The number of amides is 1. The fourth-order valence-corrected chi connectivity index (χ4v) is 7.49. The van der Waals surface area contributed by atoms with E-state index in [-0.39, 0.29) is 30.4 Å². The lowest BCUT2D eigenvalue weighted by atomic mass is 9.93. The molecule has 2 saturated heterocycles. The Balaban J connectivity index is 0.00000405. The first-order valence-electron chi connectivity index (χ1n) is 14.0. The van der Waals surface area contributed by atoms with Crippen LogP contribution in [0.25, 0.3) is 0 Å².